The summed E-state index contributed by atoms with van der Waals surface area (Å²) in [6.07, 6.45) is 0. The Kier molecular flexibility index (Phi) is 11.1. The van der Waals surface area contributed by atoms with Gasteiger partial charge >= 0.3 is 0 Å². The third kappa shape index (κ3) is 6.77. The highest BCUT2D eigenvalue weighted by atomic mass is 14.3. The molecule has 8 aromatic carbocycles. The van der Waals surface area contributed by atoms with Crippen molar-refractivity contribution in [3.05, 3.63) is 142 Å². The minimum absolute atomic E-state index is 0.150. The van der Waals surface area contributed by atoms with Crippen LogP contribution in [0.1, 0.15) is 203 Å². The van der Waals surface area contributed by atoms with Crippen molar-refractivity contribution < 1.29 is 0 Å². The zero-order valence-corrected chi connectivity index (χ0v) is 43.0. The van der Waals surface area contributed by atoms with Gasteiger partial charge in [0.15, 0.2) is 0 Å². The predicted molar refractivity (Wildman–Crippen MR) is 296 cm³/mol. The highest BCUT2D eigenvalue weighted by Crippen LogP contribution is 2.41. The van der Waals surface area contributed by atoms with Crippen LogP contribution in [0, 0.1) is 0 Å². The number of hydrogen-bond donors (Lipinski definition) is 0. The van der Waals surface area contributed by atoms with Crippen LogP contribution < -0.4 is 32.8 Å². The van der Waals surface area contributed by atoms with Gasteiger partial charge in [0.05, 0.1) is 0 Å². The van der Waals surface area contributed by atoms with E-state index in [4.69, 9.17) is 0 Å². The van der Waals surface area contributed by atoms with E-state index in [9.17, 15) is 0 Å². The lowest BCUT2D eigenvalue weighted by atomic mass is 9.36. The molecule has 334 valence electrons. The number of hydrogen-bond acceptors (Lipinski definition) is 0. The standard InChI is InChI=1S/C64H72B2/c1-33(2)43-25-49(37(9)10)61-53(29-43)54-30-44(34(3)4)26-50(38(11)12)62(54)65(61)57-23-19-41-18-22-48-58(24-20-42-17-21-47(57)59(41)60(42)48)66-63-51(39(13)14)27-45(35(5)6)31-55(63)56-32-46(36(7)8)28-52(40(15)16)64(56)66/h17-40H,1-16H3. The largest absolute Gasteiger partial charge is 0.244 e. The molecule has 2 aliphatic heterocycles. The number of fused-ring (bicyclic) bond motifs is 6. The average molecular weight is 863 g/mol. The van der Waals surface area contributed by atoms with Crippen LogP contribution in [0.3, 0.4) is 0 Å². The lowest BCUT2D eigenvalue weighted by molar-refractivity contribution is 0.837. The van der Waals surface area contributed by atoms with Gasteiger partial charge in [0, 0.05) is 0 Å². The Labute approximate surface area is 398 Å². The molecule has 0 nitrogen and oxygen atoms in total. The predicted octanol–water partition coefficient (Wildman–Crippen LogP) is 14.6. The maximum absolute atomic E-state index is 2.57. The molecule has 0 bridgehead atoms. The van der Waals surface area contributed by atoms with Gasteiger partial charge in [-0.05, 0) is 146 Å². The van der Waals surface area contributed by atoms with E-state index >= 15 is 0 Å². The van der Waals surface area contributed by atoms with Crippen LogP contribution in [0.4, 0.5) is 0 Å². The van der Waals surface area contributed by atoms with Gasteiger partial charge in [0.2, 0.25) is 13.4 Å². The summed E-state index contributed by atoms with van der Waals surface area (Å²) in [7, 11) is 0. The smallest absolute Gasteiger partial charge is 0.0657 e. The van der Waals surface area contributed by atoms with Crippen molar-refractivity contribution in [2.45, 2.75) is 158 Å². The Bertz CT molecular complexity index is 2870. The lowest BCUT2D eigenvalue weighted by Gasteiger charge is -2.25. The molecule has 0 atom stereocenters. The fourth-order valence-electron chi connectivity index (χ4n) is 12.5. The van der Waals surface area contributed by atoms with Crippen molar-refractivity contribution >= 4 is 78.5 Å². The van der Waals surface area contributed by atoms with Crippen molar-refractivity contribution in [3.63, 3.8) is 0 Å². The molecule has 0 radical (unpaired) electrons. The first-order valence-corrected chi connectivity index (χ1v) is 25.8. The van der Waals surface area contributed by atoms with E-state index in [1.807, 2.05) is 0 Å². The molecule has 0 N–H and O–H groups in total. The monoisotopic (exact) mass is 863 g/mol. The first kappa shape index (κ1) is 44.7. The summed E-state index contributed by atoms with van der Waals surface area (Å²) in [6, 6.07) is 40.4. The van der Waals surface area contributed by atoms with Gasteiger partial charge in [-0.15, -0.1) is 0 Å². The van der Waals surface area contributed by atoms with Crippen molar-refractivity contribution in [2.75, 3.05) is 0 Å². The van der Waals surface area contributed by atoms with Gasteiger partial charge < -0.3 is 0 Å². The van der Waals surface area contributed by atoms with Crippen molar-refractivity contribution in [3.8, 4) is 22.3 Å². The number of benzene rings is 8. The van der Waals surface area contributed by atoms with E-state index in [2.05, 4.69) is 208 Å². The van der Waals surface area contributed by atoms with E-state index in [1.54, 1.807) is 0 Å². The van der Waals surface area contributed by atoms with Gasteiger partial charge in [-0.25, -0.2) is 0 Å². The minimum atomic E-state index is 0.150. The maximum Gasteiger partial charge on any atom is 0.244 e. The fourth-order valence-corrected chi connectivity index (χ4v) is 12.5. The molecule has 0 aromatic heterocycles. The molecule has 0 amide bonds. The van der Waals surface area contributed by atoms with Crippen LogP contribution in [-0.2, 0) is 0 Å². The molecule has 66 heavy (non-hydrogen) atoms. The van der Waals surface area contributed by atoms with E-state index in [1.165, 1.54) is 132 Å². The summed E-state index contributed by atoms with van der Waals surface area (Å²) in [6.45, 7) is 38.5. The minimum Gasteiger partial charge on any atom is -0.0657 e. The molecule has 8 aromatic rings. The zero-order valence-electron chi connectivity index (χ0n) is 43.0. The summed E-state index contributed by atoms with van der Waals surface area (Å²) >= 11 is 0. The third-order valence-corrected chi connectivity index (χ3v) is 16.2. The molecule has 2 heterocycles. The second-order valence-corrected chi connectivity index (χ2v) is 23.1. The van der Waals surface area contributed by atoms with Gasteiger partial charge in [-0.3, -0.25) is 0 Å². The first-order chi connectivity index (χ1) is 31.4. The molecule has 0 fully saturated rings. The molecular weight excluding hydrogens is 790 g/mol. The average Bonchev–Trinajstić information content (AvgIpc) is 3.79. The van der Waals surface area contributed by atoms with Crippen LogP contribution in [0.5, 0.6) is 0 Å². The van der Waals surface area contributed by atoms with Crippen LogP contribution in [0.15, 0.2) is 97.1 Å². The van der Waals surface area contributed by atoms with Crippen LogP contribution in [0.2, 0.25) is 0 Å². The molecule has 0 saturated carbocycles. The van der Waals surface area contributed by atoms with Crippen LogP contribution in [0.25, 0.3) is 54.6 Å². The van der Waals surface area contributed by atoms with Crippen LogP contribution >= 0.6 is 0 Å². The van der Waals surface area contributed by atoms with Gasteiger partial charge in [0.25, 0.3) is 0 Å². The lowest BCUT2D eigenvalue weighted by Crippen LogP contribution is -2.52. The Hall–Kier alpha value is -5.07. The fraction of sp³-hybridized carbons (Fsp3) is 0.375. The van der Waals surface area contributed by atoms with Crippen molar-refractivity contribution in [1.82, 2.24) is 0 Å². The highest BCUT2D eigenvalue weighted by Gasteiger charge is 2.42. The quantitative estimate of drug-likeness (QED) is 0.0949. The summed E-state index contributed by atoms with van der Waals surface area (Å²) < 4.78 is 0. The van der Waals surface area contributed by atoms with Gasteiger partial charge in [-0.1, -0.05) is 241 Å². The van der Waals surface area contributed by atoms with Gasteiger partial charge in [-0.2, -0.15) is 0 Å². The normalized spacial score (nSPS) is 13.6. The summed E-state index contributed by atoms with van der Waals surface area (Å²) in [4.78, 5) is 0. The van der Waals surface area contributed by atoms with Crippen molar-refractivity contribution in [2.24, 2.45) is 0 Å². The Morgan fingerprint density at radius 2 is 0.515 bits per heavy atom. The molecule has 2 aliphatic rings. The van der Waals surface area contributed by atoms with E-state index in [0.717, 1.165) is 0 Å². The molecule has 2 heteroatoms. The molecule has 0 aliphatic carbocycles. The molecule has 0 unspecified atom stereocenters. The Balaban J connectivity index is 1.29. The molecule has 0 saturated heterocycles. The van der Waals surface area contributed by atoms with E-state index in [0.29, 0.717) is 47.3 Å². The molecular formula is C64H72B2. The summed E-state index contributed by atoms with van der Waals surface area (Å²) in [5, 5.41) is 8.32. The zero-order chi connectivity index (χ0) is 46.9. The third-order valence-electron chi connectivity index (χ3n) is 16.2. The SMILES string of the molecule is CC(C)c1cc2c(c(C(C)C)c1)B(c1ccc3ccc4c(B5c6c(cc(C(C)C)cc6C(C)C)-c6cc(C(C)C)cc(C(C)C)c65)ccc5ccc1c3c54)c1c-2cc(C(C)C)cc1C(C)C. The van der Waals surface area contributed by atoms with E-state index < -0.39 is 0 Å². The Morgan fingerprint density at radius 1 is 0.273 bits per heavy atom. The highest BCUT2D eigenvalue weighted by molar-refractivity contribution is 7.02. The summed E-state index contributed by atoms with van der Waals surface area (Å²) in [5.41, 5.74) is 26.7. The van der Waals surface area contributed by atoms with Crippen molar-refractivity contribution in [1.29, 1.82) is 0 Å². The second-order valence-electron chi connectivity index (χ2n) is 23.1. The maximum atomic E-state index is 2.57. The topological polar surface area (TPSA) is 0 Å². The Morgan fingerprint density at radius 3 is 0.742 bits per heavy atom. The molecule has 10 rings (SSSR count). The van der Waals surface area contributed by atoms with Crippen LogP contribution in [-0.4, -0.2) is 13.4 Å². The summed E-state index contributed by atoms with van der Waals surface area (Å²) in [5.74, 6) is 3.44. The first-order valence-electron chi connectivity index (χ1n) is 25.8. The number of rotatable bonds is 10. The second kappa shape index (κ2) is 16.3. The van der Waals surface area contributed by atoms with E-state index in [-0.39, 0.29) is 13.4 Å². The van der Waals surface area contributed by atoms with Gasteiger partial charge in [0.1, 0.15) is 0 Å². The molecule has 0 spiro atoms.